The first-order chi connectivity index (χ1) is 10.0. The Morgan fingerprint density at radius 1 is 1.10 bits per heavy atom. The number of halogens is 1. The molecular formula is C17H13ClN2O. The van der Waals surface area contributed by atoms with Gasteiger partial charge in [0.15, 0.2) is 0 Å². The zero-order chi connectivity index (χ0) is 14.8. The Kier molecular flexibility index (Phi) is 2.37. The first-order valence-corrected chi connectivity index (χ1v) is 7.21. The summed E-state index contributed by atoms with van der Waals surface area (Å²) in [5.74, 6) is 0.745. The van der Waals surface area contributed by atoms with E-state index < -0.39 is 0 Å². The smallest absolute Gasteiger partial charge is 0.280 e. The maximum atomic E-state index is 12.3. The van der Waals surface area contributed by atoms with Gasteiger partial charge in [0, 0.05) is 0 Å². The van der Waals surface area contributed by atoms with E-state index in [9.17, 15) is 4.79 Å². The van der Waals surface area contributed by atoms with Gasteiger partial charge in [-0.3, -0.25) is 9.36 Å². The van der Waals surface area contributed by atoms with E-state index in [1.54, 1.807) is 12.1 Å². The van der Waals surface area contributed by atoms with E-state index in [0.717, 1.165) is 22.6 Å². The molecule has 1 aromatic heterocycles. The van der Waals surface area contributed by atoms with Gasteiger partial charge < -0.3 is 0 Å². The number of nitrogens with zero attached hydrogens (tertiary/aromatic N) is 2. The van der Waals surface area contributed by atoms with E-state index in [4.69, 9.17) is 11.6 Å². The molecule has 0 bridgehead atoms. The van der Waals surface area contributed by atoms with Crippen LogP contribution in [-0.2, 0) is 5.41 Å². The third kappa shape index (κ3) is 1.49. The van der Waals surface area contributed by atoms with Crippen molar-refractivity contribution in [1.82, 2.24) is 9.55 Å². The van der Waals surface area contributed by atoms with Crippen molar-refractivity contribution in [2.24, 2.45) is 0 Å². The summed E-state index contributed by atoms with van der Waals surface area (Å²) < 4.78 is 2.02. The van der Waals surface area contributed by atoms with E-state index in [1.807, 2.05) is 28.8 Å². The van der Waals surface area contributed by atoms with Gasteiger partial charge in [0.25, 0.3) is 5.56 Å². The second kappa shape index (κ2) is 3.95. The summed E-state index contributed by atoms with van der Waals surface area (Å²) in [6.07, 6.45) is 0. The highest BCUT2D eigenvalue weighted by Gasteiger charge is 2.38. The molecule has 21 heavy (non-hydrogen) atoms. The van der Waals surface area contributed by atoms with Crippen LogP contribution < -0.4 is 5.56 Å². The molecule has 4 heteroatoms. The lowest BCUT2D eigenvalue weighted by Crippen LogP contribution is -2.24. The van der Waals surface area contributed by atoms with Gasteiger partial charge in [-0.15, -0.1) is 0 Å². The molecule has 0 atom stereocenters. The number of aromatic nitrogens is 2. The SMILES string of the molecule is CC1(C)c2ccccc2-n2c1nc(=O)c1cccc(Cl)c12. The minimum absolute atomic E-state index is 0.223. The Labute approximate surface area is 126 Å². The predicted molar refractivity (Wildman–Crippen MR) is 84.5 cm³/mol. The topological polar surface area (TPSA) is 34.9 Å². The number of benzene rings is 2. The molecule has 0 saturated heterocycles. The minimum Gasteiger partial charge on any atom is -0.295 e. The normalized spacial score (nSPS) is 15.0. The van der Waals surface area contributed by atoms with Crippen LogP contribution in [0.3, 0.4) is 0 Å². The highest BCUT2D eigenvalue weighted by atomic mass is 35.5. The average Bonchev–Trinajstić information content (AvgIpc) is 2.69. The van der Waals surface area contributed by atoms with Crippen LogP contribution in [0.25, 0.3) is 16.6 Å². The highest BCUT2D eigenvalue weighted by Crippen LogP contribution is 2.43. The van der Waals surface area contributed by atoms with E-state index in [0.29, 0.717) is 10.4 Å². The molecule has 1 aliphatic rings. The minimum atomic E-state index is -0.316. The van der Waals surface area contributed by atoms with Crippen LogP contribution in [0.15, 0.2) is 47.3 Å². The van der Waals surface area contributed by atoms with Gasteiger partial charge >= 0.3 is 0 Å². The molecule has 104 valence electrons. The van der Waals surface area contributed by atoms with Crippen molar-refractivity contribution in [3.8, 4) is 5.69 Å². The third-order valence-electron chi connectivity index (χ3n) is 4.24. The lowest BCUT2D eigenvalue weighted by Gasteiger charge is -2.18. The standard InChI is InChI=1S/C17H13ClN2O/c1-17(2)11-7-3-4-9-13(11)20-14-10(6-5-8-12(14)18)15(21)19-16(17)20/h3-9H,1-2H3. The summed E-state index contributed by atoms with van der Waals surface area (Å²) in [4.78, 5) is 16.7. The fraction of sp³-hybridized carbons (Fsp3) is 0.176. The fourth-order valence-electron chi connectivity index (χ4n) is 3.20. The summed E-state index contributed by atoms with van der Waals surface area (Å²) in [7, 11) is 0. The van der Waals surface area contributed by atoms with Crippen LogP contribution in [-0.4, -0.2) is 9.55 Å². The van der Waals surface area contributed by atoms with Crippen LogP contribution >= 0.6 is 11.6 Å². The van der Waals surface area contributed by atoms with Gasteiger partial charge in [-0.25, -0.2) is 0 Å². The molecule has 0 radical (unpaired) electrons. The molecule has 3 aromatic rings. The van der Waals surface area contributed by atoms with Crippen LogP contribution in [0, 0.1) is 0 Å². The molecule has 4 rings (SSSR count). The number of rotatable bonds is 0. The van der Waals surface area contributed by atoms with E-state index >= 15 is 0 Å². The Bertz CT molecular complexity index is 957. The number of hydrogen-bond acceptors (Lipinski definition) is 2. The molecule has 2 heterocycles. The largest absolute Gasteiger partial charge is 0.295 e. The third-order valence-corrected chi connectivity index (χ3v) is 4.54. The predicted octanol–water partition coefficient (Wildman–Crippen LogP) is 3.68. The Morgan fingerprint density at radius 2 is 1.86 bits per heavy atom. The fourth-order valence-corrected chi connectivity index (χ4v) is 3.46. The zero-order valence-corrected chi connectivity index (χ0v) is 12.5. The summed E-state index contributed by atoms with van der Waals surface area (Å²) in [5.41, 5.74) is 2.41. The second-order valence-corrected chi connectivity index (χ2v) is 6.26. The van der Waals surface area contributed by atoms with Gasteiger partial charge in [-0.1, -0.05) is 35.9 Å². The molecule has 0 saturated carbocycles. The second-order valence-electron chi connectivity index (χ2n) is 5.85. The van der Waals surface area contributed by atoms with Gasteiger partial charge in [0.2, 0.25) is 0 Å². The molecule has 2 aromatic carbocycles. The van der Waals surface area contributed by atoms with Gasteiger partial charge in [0.05, 0.1) is 27.0 Å². The van der Waals surface area contributed by atoms with Gasteiger partial charge in [0.1, 0.15) is 5.82 Å². The summed E-state index contributed by atoms with van der Waals surface area (Å²) in [6, 6.07) is 13.5. The quantitative estimate of drug-likeness (QED) is 0.634. The zero-order valence-electron chi connectivity index (χ0n) is 11.7. The van der Waals surface area contributed by atoms with E-state index in [-0.39, 0.29) is 11.0 Å². The molecule has 0 unspecified atom stereocenters. The molecule has 1 aliphatic heterocycles. The van der Waals surface area contributed by atoms with Crippen molar-refractivity contribution in [2.75, 3.05) is 0 Å². The number of fused-ring (bicyclic) bond motifs is 5. The summed E-state index contributed by atoms with van der Waals surface area (Å²) >= 11 is 6.38. The molecule has 3 nitrogen and oxygen atoms in total. The molecule has 0 N–H and O–H groups in total. The number of hydrogen-bond donors (Lipinski definition) is 0. The van der Waals surface area contributed by atoms with Crippen molar-refractivity contribution in [1.29, 1.82) is 0 Å². The Morgan fingerprint density at radius 3 is 2.67 bits per heavy atom. The lowest BCUT2D eigenvalue weighted by atomic mass is 9.85. The Hall–Kier alpha value is -2.13. The molecular weight excluding hydrogens is 284 g/mol. The van der Waals surface area contributed by atoms with Crippen LogP contribution in [0.1, 0.15) is 25.2 Å². The van der Waals surface area contributed by atoms with Crippen LogP contribution in [0.4, 0.5) is 0 Å². The maximum Gasteiger partial charge on any atom is 0.280 e. The number of para-hydroxylation sites is 2. The highest BCUT2D eigenvalue weighted by molar-refractivity contribution is 6.35. The molecule has 0 fully saturated rings. The van der Waals surface area contributed by atoms with Gasteiger partial charge in [-0.2, -0.15) is 4.98 Å². The molecule has 0 amide bonds. The van der Waals surface area contributed by atoms with E-state index in [2.05, 4.69) is 24.9 Å². The van der Waals surface area contributed by atoms with Crippen molar-refractivity contribution in [3.05, 3.63) is 69.2 Å². The van der Waals surface area contributed by atoms with E-state index in [1.165, 1.54) is 0 Å². The first-order valence-electron chi connectivity index (χ1n) is 6.83. The Balaban J connectivity index is 2.31. The van der Waals surface area contributed by atoms with Crippen molar-refractivity contribution in [2.45, 2.75) is 19.3 Å². The van der Waals surface area contributed by atoms with Crippen LogP contribution in [0.2, 0.25) is 5.02 Å². The molecule has 0 aliphatic carbocycles. The summed E-state index contributed by atoms with van der Waals surface area (Å²) in [5, 5.41) is 1.12. The lowest BCUT2D eigenvalue weighted by molar-refractivity contribution is 0.610. The van der Waals surface area contributed by atoms with Crippen LogP contribution in [0.5, 0.6) is 0 Å². The van der Waals surface area contributed by atoms with Crippen molar-refractivity contribution >= 4 is 22.5 Å². The summed E-state index contributed by atoms with van der Waals surface area (Å²) in [6.45, 7) is 4.17. The van der Waals surface area contributed by atoms with Crippen molar-refractivity contribution < 1.29 is 0 Å². The molecule has 0 spiro atoms. The first kappa shape index (κ1) is 12.6. The average molecular weight is 297 g/mol. The monoisotopic (exact) mass is 296 g/mol. The van der Waals surface area contributed by atoms with Gasteiger partial charge in [-0.05, 0) is 37.6 Å². The maximum absolute atomic E-state index is 12.3. The van der Waals surface area contributed by atoms with Crippen molar-refractivity contribution in [3.63, 3.8) is 0 Å².